The molecule has 5 aliphatic heterocycles. The molecular formula is C31H28N6O2+2. The molecule has 2 N–H and O–H groups in total. The zero-order valence-electron chi connectivity index (χ0n) is 22.7. The van der Waals surface area contributed by atoms with Crippen LogP contribution in [0.1, 0.15) is 63.8 Å². The number of nitrogens with one attached hydrogen (secondary N) is 2. The number of anilines is 2. The molecule has 0 aliphatic carbocycles. The van der Waals surface area contributed by atoms with Gasteiger partial charge in [-0.25, -0.2) is 0 Å². The molecule has 5 aliphatic rings. The van der Waals surface area contributed by atoms with Crippen LogP contribution in [0.3, 0.4) is 0 Å². The Balaban J connectivity index is 1.43. The molecule has 5 heterocycles. The maximum absolute atomic E-state index is 10.2. The number of allylic oxidation sites excluding steroid dienone is 4. The summed E-state index contributed by atoms with van der Waals surface area (Å²) in [4.78, 5) is 0. The molecule has 0 radical (unpaired) electrons. The third-order valence-electron chi connectivity index (χ3n) is 7.77. The monoisotopic (exact) mass is 516 g/mol. The van der Waals surface area contributed by atoms with Gasteiger partial charge in [0.2, 0.25) is 0 Å². The van der Waals surface area contributed by atoms with Crippen LogP contribution < -0.4 is 20.1 Å². The minimum Gasteiger partial charge on any atom is -0.376 e. The highest BCUT2D eigenvalue weighted by Gasteiger charge is 2.74. The largest absolute Gasteiger partial charge is 0.716 e. The lowest BCUT2D eigenvalue weighted by atomic mass is 9.90. The van der Waals surface area contributed by atoms with E-state index in [4.69, 9.17) is 9.47 Å². The van der Waals surface area contributed by atoms with Gasteiger partial charge in [-0.2, -0.15) is 10.5 Å². The van der Waals surface area contributed by atoms with E-state index in [0.29, 0.717) is 11.5 Å². The number of nitriles is 2. The van der Waals surface area contributed by atoms with E-state index in [0.717, 1.165) is 44.8 Å². The maximum atomic E-state index is 10.2. The highest BCUT2D eigenvalue weighted by atomic mass is 16.7. The molecule has 0 bridgehead atoms. The average molecular weight is 517 g/mol. The fourth-order valence-electron chi connectivity index (χ4n) is 6.35. The van der Waals surface area contributed by atoms with Crippen molar-refractivity contribution in [2.24, 2.45) is 0 Å². The SMILES string of the molecule is CC1=CC(C)(C)Nc2cc3c(cc21)C=[N+]1C(C#N)=C(C#N)[N+]2=Cc4cc5c(cc4OC12O3)NC(C)(C)C=C5C. The first-order valence-corrected chi connectivity index (χ1v) is 13.0. The van der Waals surface area contributed by atoms with Crippen LogP contribution in [0.15, 0.2) is 47.8 Å². The van der Waals surface area contributed by atoms with Gasteiger partial charge in [0, 0.05) is 34.6 Å². The minimum absolute atomic E-state index is 0.163. The van der Waals surface area contributed by atoms with Crippen molar-refractivity contribution in [3.8, 4) is 23.6 Å². The van der Waals surface area contributed by atoms with Crippen molar-refractivity contribution in [3.63, 3.8) is 0 Å². The van der Waals surface area contributed by atoms with Gasteiger partial charge < -0.3 is 20.1 Å². The van der Waals surface area contributed by atoms with Crippen molar-refractivity contribution in [2.75, 3.05) is 10.6 Å². The smallest absolute Gasteiger partial charge is 0.376 e. The molecule has 1 spiro atoms. The topological polar surface area (TPSA) is 96.1 Å². The van der Waals surface area contributed by atoms with Crippen molar-refractivity contribution >= 4 is 35.0 Å². The number of rotatable bonds is 0. The first kappa shape index (κ1) is 23.3. The van der Waals surface area contributed by atoms with Crippen LogP contribution in [0.5, 0.6) is 11.5 Å². The van der Waals surface area contributed by atoms with Gasteiger partial charge in [0.1, 0.15) is 0 Å². The van der Waals surface area contributed by atoms with E-state index in [1.54, 1.807) is 9.15 Å². The molecule has 0 fully saturated rings. The first-order valence-electron chi connectivity index (χ1n) is 13.0. The number of fused-ring (bicyclic) bond motifs is 4. The number of nitrogens with zero attached hydrogens (tertiary/aromatic N) is 4. The molecule has 0 saturated carbocycles. The standard InChI is InChI=1S/C31H26N6O2/c1-17-11-29(3,4)34-23-9-27-19(7-21(17)23)15-36-25(13-32)26(14-33)37-16-20-8-22-18(2)12-30(5,6)35-24(22)10-28(20)39-31(36,37)38-27/h7-12,15-16H,1-6H3/p+2. The van der Waals surface area contributed by atoms with Crippen LogP contribution >= 0.6 is 0 Å². The number of hydrogen-bond acceptors (Lipinski definition) is 6. The molecule has 0 unspecified atom stereocenters. The van der Waals surface area contributed by atoms with Crippen LogP contribution in [0, 0.1) is 22.7 Å². The maximum Gasteiger partial charge on any atom is 0.716 e. The summed E-state index contributed by atoms with van der Waals surface area (Å²) >= 11 is 0. The molecule has 8 nitrogen and oxygen atoms in total. The first-order chi connectivity index (χ1) is 18.4. The molecule has 7 rings (SSSR count). The molecule has 0 aromatic heterocycles. The van der Waals surface area contributed by atoms with Gasteiger partial charge in [0.15, 0.2) is 36.1 Å². The predicted molar refractivity (Wildman–Crippen MR) is 149 cm³/mol. The fraction of sp³-hybridized carbons (Fsp3) is 0.290. The van der Waals surface area contributed by atoms with Gasteiger partial charge in [0.05, 0.1) is 22.2 Å². The lowest BCUT2D eigenvalue weighted by molar-refractivity contribution is -0.848. The summed E-state index contributed by atoms with van der Waals surface area (Å²) in [5.74, 6) is 1.19. The summed E-state index contributed by atoms with van der Waals surface area (Å²) in [7, 11) is 0. The van der Waals surface area contributed by atoms with E-state index in [2.05, 4.69) is 76.5 Å². The highest BCUT2D eigenvalue weighted by Crippen LogP contribution is 2.46. The third-order valence-corrected chi connectivity index (χ3v) is 7.77. The Morgan fingerprint density at radius 3 is 1.49 bits per heavy atom. The lowest BCUT2D eigenvalue weighted by Gasteiger charge is -2.34. The van der Waals surface area contributed by atoms with Crippen molar-refractivity contribution in [1.82, 2.24) is 0 Å². The minimum atomic E-state index is -1.58. The molecule has 39 heavy (non-hydrogen) atoms. The molecule has 2 aromatic rings. The van der Waals surface area contributed by atoms with E-state index in [1.807, 2.05) is 36.7 Å². The van der Waals surface area contributed by atoms with E-state index in [-0.39, 0.29) is 22.5 Å². The van der Waals surface area contributed by atoms with Crippen LogP contribution in [0.25, 0.3) is 11.1 Å². The van der Waals surface area contributed by atoms with E-state index >= 15 is 0 Å². The summed E-state index contributed by atoms with van der Waals surface area (Å²) in [6.07, 6.45) is 8.07. The molecule has 8 heteroatoms. The molecule has 0 atom stereocenters. The second-order valence-electron chi connectivity index (χ2n) is 11.9. The lowest BCUT2D eigenvalue weighted by Crippen LogP contribution is -2.60. The molecule has 192 valence electrons. The number of hydrogen-bond donors (Lipinski definition) is 2. The van der Waals surface area contributed by atoms with Gasteiger partial charge in [0.25, 0.3) is 0 Å². The van der Waals surface area contributed by atoms with Crippen molar-refractivity contribution in [3.05, 3.63) is 70.1 Å². The summed E-state index contributed by atoms with van der Waals surface area (Å²) in [6.45, 7) is 12.7. The van der Waals surface area contributed by atoms with Gasteiger partial charge in [-0.1, -0.05) is 12.2 Å². The average Bonchev–Trinajstić information content (AvgIpc) is 3.10. The third kappa shape index (κ3) is 3.15. The van der Waals surface area contributed by atoms with E-state index in [1.165, 1.54) is 0 Å². The molecule has 0 amide bonds. The van der Waals surface area contributed by atoms with Crippen LogP contribution in [0.2, 0.25) is 0 Å². The van der Waals surface area contributed by atoms with Crippen molar-refractivity contribution in [2.45, 2.75) is 58.7 Å². The molecule has 0 saturated heterocycles. The summed E-state index contributed by atoms with van der Waals surface area (Å²) in [6, 6.07) is 10.9. The highest BCUT2D eigenvalue weighted by molar-refractivity contribution is 5.91. The fourth-order valence-corrected chi connectivity index (χ4v) is 6.35. The Hall–Kier alpha value is -4.82. The quantitative estimate of drug-likeness (QED) is 0.471. The summed E-state index contributed by atoms with van der Waals surface area (Å²) in [5.41, 5.74) is 7.85. The zero-order valence-corrected chi connectivity index (χ0v) is 22.7. The second kappa shape index (κ2) is 7.18. The van der Waals surface area contributed by atoms with Crippen LogP contribution in [0.4, 0.5) is 11.4 Å². The second-order valence-corrected chi connectivity index (χ2v) is 11.9. The Bertz CT molecular complexity index is 1670. The van der Waals surface area contributed by atoms with Gasteiger partial charge in [-0.3, -0.25) is 0 Å². The van der Waals surface area contributed by atoms with Crippen molar-refractivity contribution in [1.29, 1.82) is 10.5 Å². The van der Waals surface area contributed by atoms with E-state index < -0.39 is 6.03 Å². The van der Waals surface area contributed by atoms with E-state index in [9.17, 15) is 10.5 Å². The number of benzene rings is 2. The van der Waals surface area contributed by atoms with Gasteiger partial charge in [-0.15, -0.1) is 0 Å². The van der Waals surface area contributed by atoms with Gasteiger partial charge in [-0.05, 0) is 74.0 Å². The predicted octanol–water partition coefficient (Wildman–Crippen LogP) is 5.13. The summed E-state index contributed by atoms with van der Waals surface area (Å²) in [5, 5.41) is 27.5. The number of ether oxygens (including phenoxy) is 2. The Kier molecular flexibility index (Phi) is 4.29. The Morgan fingerprint density at radius 1 is 0.692 bits per heavy atom. The summed E-state index contributed by atoms with van der Waals surface area (Å²) < 4.78 is 16.6. The van der Waals surface area contributed by atoms with Gasteiger partial charge >= 0.3 is 17.4 Å². The Labute approximate surface area is 227 Å². The molecule has 2 aromatic carbocycles. The molecular weight excluding hydrogens is 488 g/mol. The van der Waals surface area contributed by atoms with Crippen LogP contribution in [-0.4, -0.2) is 38.7 Å². The normalized spacial score (nSPS) is 21.4. The Morgan fingerprint density at radius 2 is 1.10 bits per heavy atom. The van der Waals surface area contributed by atoms with Crippen LogP contribution in [-0.2, 0) is 0 Å². The zero-order chi connectivity index (χ0) is 27.5. The van der Waals surface area contributed by atoms with Crippen molar-refractivity contribution < 1.29 is 18.6 Å².